The summed E-state index contributed by atoms with van der Waals surface area (Å²) in [7, 11) is 0. The fraction of sp³-hybridized carbons (Fsp3) is 0.500. The molecule has 2 unspecified atom stereocenters. The molecule has 0 aliphatic heterocycles. The average molecular weight is 293 g/mol. The van der Waals surface area contributed by atoms with Crippen LogP contribution in [0, 0.1) is 6.92 Å². The van der Waals surface area contributed by atoms with Crippen LogP contribution in [0.1, 0.15) is 49.5 Å². The largest absolute Gasteiger partial charge is 0.480 e. The van der Waals surface area contributed by atoms with Crippen LogP contribution in [0.5, 0.6) is 5.75 Å². The highest BCUT2D eigenvalue weighted by atomic mass is 16.5. The summed E-state index contributed by atoms with van der Waals surface area (Å²) in [6, 6.07) is 4.88. The summed E-state index contributed by atoms with van der Waals surface area (Å²) in [5, 5.41) is 12.0. The Morgan fingerprint density at radius 3 is 2.57 bits per heavy atom. The summed E-state index contributed by atoms with van der Waals surface area (Å²) >= 11 is 0. The van der Waals surface area contributed by atoms with Crippen molar-refractivity contribution in [1.82, 2.24) is 5.32 Å². The number of carbonyl (C=O) groups excluding carboxylic acids is 1. The van der Waals surface area contributed by atoms with Crippen LogP contribution in [0.3, 0.4) is 0 Å². The van der Waals surface area contributed by atoms with Crippen molar-refractivity contribution < 1.29 is 19.4 Å². The highest BCUT2D eigenvalue weighted by molar-refractivity contribution is 5.91. The minimum absolute atomic E-state index is 0.0573. The smallest absolute Gasteiger partial charge is 0.339 e. The number of aromatic carboxylic acids is 1. The van der Waals surface area contributed by atoms with Gasteiger partial charge in [0.25, 0.3) is 5.91 Å². The quantitative estimate of drug-likeness (QED) is 0.810. The topological polar surface area (TPSA) is 75.6 Å². The number of hydrogen-bond donors (Lipinski definition) is 2. The number of ether oxygens (including phenoxy) is 1. The highest BCUT2D eigenvalue weighted by Gasteiger charge is 2.20. The maximum absolute atomic E-state index is 12.0. The number of rotatable bonds is 7. The Kier molecular flexibility index (Phi) is 6.21. The van der Waals surface area contributed by atoms with E-state index in [1.54, 1.807) is 19.1 Å². The summed E-state index contributed by atoms with van der Waals surface area (Å²) < 4.78 is 5.54. The van der Waals surface area contributed by atoms with Gasteiger partial charge >= 0.3 is 5.97 Å². The van der Waals surface area contributed by atoms with Gasteiger partial charge in [0.2, 0.25) is 0 Å². The van der Waals surface area contributed by atoms with Crippen molar-refractivity contribution in [3.63, 3.8) is 0 Å². The predicted molar refractivity (Wildman–Crippen MR) is 80.7 cm³/mol. The molecule has 1 rings (SSSR count). The Balaban J connectivity index is 2.78. The van der Waals surface area contributed by atoms with Gasteiger partial charge in [-0.2, -0.15) is 0 Å². The van der Waals surface area contributed by atoms with Crippen molar-refractivity contribution in [2.75, 3.05) is 0 Å². The predicted octanol–water partition coefficient (Wildman–Crippen LogP) is 2.77. The van der Waals surface area contributed by atoms with E-state index in [1.165, 1.54) is 6.07 Å². The van der Waals surface area contributed by atoms with E-state index in [-0.39, 0.29) is 23.3 Å². The summed E-state index contributed by atoms with van der Waals surface area (Å²) in [6.45, 7) is 7.44. The fourth-order valence-electron chi connectivity index (χ4n) is 2.01. The first-order valence-electron chi connectivity index (χ1n) is 7.16. The first-order chi connectivity index (χ1) is 9.85. The molecule has 1 aromatic carbocycles. The lowest BCUT2D eigenvalue weighted by Gasteiger charge is -2.19. The van der Waals surface area contributed by atoms with Crippen LogP contribution in [-0.2, 0) is 4.79 Å². The van der Waals surface area contributed by atoms with Crippen LogP contribution in [0.2, 0.25) is 0 Å². The number of nitrogens with one attached hydrogen (secondary N) is 1. The van der Waals surface area contributed by atoms with Gasteiger partial charge in [0.1, 0.15) is 11.3 Å². The van der Waals surface area contributed by atoms with Crippen LogP contribution in [0.25, 0.3) is 0 Å². The van der Waals surface area contributed by atoms with Gasteiger partial charge in [0, 0.05) is 6.04 Å². The zero-order valence-corrected chi connectivity index (χ0v) is 13.0. The summed E-state index contributed by atoms with van der Waals surface area (Å²) in [5.41, 5.74) is 0.934. The number of carboxylic acids is 1. The third kappa shape index (κ3) is 5.10. The maximum atomic E-state index is 12.0. The molecule has 0 aliphatic carbocycles. The third-order valence-corrected chi connectivity index (χ3v) is 3.15. The molecule has 0 saturated carbocycles. The van der Waals surface area contributed by atoms with Crippen molar-refractivity contribution in [3.05, 3.63) is 29.3 Å². The molecule has 0 heterocycles. The molecule has 21 heavy (non-hydrogen) atoms. The van der Waals surface area contributed by atoms with E-state index in [1.807, 2.05) is 13.8 Å². The second-order valence-electron chi connectivity index (χ2n) is 5.26. The first kappa shape index (κ1) is 17.0. The molecule has 0 bridgehead atoms. The minimum atomic E-state index is -1.07. The summed E-state index contributed by atoms with van der Waals surface area (Å²) in [6.07, 6.45) is 1.13. The molecule has 2 atom stereocenters. The molecule has 1 amide bonds. The zero-order valence-electron chi connectivity index (χ0n) is 13.0. The Hall–Kier alpha value is -2.04. The van der Waals surface area contributed by atoms with Crippen LogP contribution in [-0.4, -0.2) is 29.1 Å². The standard InChI is InChI=1S/C16H23NO4/c1-5-6-11(3)17-15(18)12(4)21-14-9-10(2)7-8-13(14)16(19)20/h7-9,11-12H,5-6H2,1-4H3,(H,17,18)(H,19,20). The third-order valence-electron chi connectivity index (χ3n) is 3.15. The number of amides is 1. The number of carbonyl (C=O) groups is 2. The van der Waals surface area contributed by atoms with Gasteiger partial charge in [-0.25, -0.2) is 4.79 Å². The SMILES string of the molecule is CCCC(C)NC(=O)C(C)Oc1cc(C)ccc1C(=O)O. The second kappa shape index (κ2) is 7.67. The molecule has 0 saturated heterocycles. The Morgan fingerprint density at radius 2 is 2.00 bits per heavy atom. The van der Waals surface area contributed by atoms with E-state index in [0.29, 0.717) is 0 Å². The second-order valence-corrected chi connectivity index (χ2v) is 5.26. The normalized spacial score (nSPS) is 13.3. The van der Waals surface area contributed by atoms with Gasteiger partial charge in [0.15, 0.2) is 6.10 Å². The van der Waals surface area contributed by atoms with Crippen LogP contribution in [0.15, 0.2) is 18.2 Å². The van der Waals surface area contributed by atoms with E-state index in [0.717, 1.165) is 18.4 Å². The van der Waals surface area contributed by atoms with E-state index in [4.69, 9.17) is 9.84 Å². The van der Waals surface area contributed by atoms with Crippen molar-refractivity contribution in [1.29, 1.82) is 0 Å². The van der Waals surface area contributed by atoms with Gasteiger partial charge < -0.3 is 15.2 Å². The van der Waals surface area contributed by atoms with Gasteiger partial charge in [-0.05, 0) is 44.9 Å². The van der Waals surface area contributed by atoms with E-state index < -0.39 is 12.1 Å². The lowest BCUT2D eigenvalue weighted by atomic mass is 10.1. The van der Waals surface area contributed by atoms with Crippen molar-refractivity contribution in [2.45, 2.75) is 52.7 Å². The molecule has 0 aromatic heterocycles. The maximum Gasteiger partial charge on any atom is 0.339 e. The molecule has 0 radical (unpaired) electrons. The first-order valence-corrected chi connectivity index (χ1v) is 7.16. The average Bonchev–Trinajstić information content (AvgIpc) is 2.38. The van der Waals surface area contributed by atoms with Crippen molar-refractivity contribution in [3.8, 4) is 5.75 Å². The molecule has 0 spiro atoms. The van der Waals surface area contributed by atoms with E-state index >= 15 is 0 Å². The fourth-order valence-corrected chi connectivity index (χ4v) is 2.01. The minimum Gasteiger partial charge on any atom is -0.480 e. The Labute approximate surface area is 125 Å². The molecule has 1 aromatic rings. The Bertz CT molecular complexity index is 513. The number of aryl methyl sites for hydroxylation is 1. The Morgan fingerprint density at radius 1 is 1.33 bits per heavy atom. The van der Waals surface area contributed by atoms with Gasteiger partial charge in [-0.15, -0.1) is 0 Å². The van der Waals surface area contributed by atoms with Crippen LogP contribution < -0.4 is 10.1 Å². The van der Waals surface area contributed by atoms with Crippen molar-refractivity contribution in [2.24, 2.45) is 0 Å². The lowest BCUT2D eigenvalue weighted by Crippen LogP contribution is -2.41. The zero-order chi connectivity index (χ0) is 16.0. The monoisotopic (exact) mass is 293 g/mol. The van der Waals surface area contributed by atoms with Gasteiger partial charge in [-0.1, -0.05) is 19.4 Å². The summed E-state index contributed by atoms with van der Waals surface area (Å²) in [5.74, 6) is -1.10. The van der Waals surface area contributed by atoms with Crippen molar-refractivity contribution >= 4 is 11.9 Å². The number of hydrogen-bond acceptors (Lipinski definition) is 3. The molecule has 0 fully saturated rings. The van der Waals surface area contributed by atoms with E-state index in [9.17, 15) is 9.59 Å². The highest BCUT2D eigenvalue weighted by Crippen LogP contribution is 2.21. The molecule has 116 valence electrons. The van der Waals surface area contributed by atoms with Gasteiger partial charge in [-0.3, -0.25) is 4.79 Å². The van der Waals surface area contributed by atoms with Gasteiger partial charge in [0.05, 0.1) is 0 Å². The molecule has 5 heteroatoms. The molecule has 0 aliphatic rings. The van der Waals surface area contributed by atoms with Crippen LogP contribution >= 0.6 is 0 Å². The lowest BCUT2D eigenvalue weighted by molar-refractivity contribution is -0.127. The van der Waals surface area contributed by atoms with E-state index in [2.05, 4.69) is 12.2 Å². The molecule has 5 nitrogen and oxygen atoms in total. The molecule has 2 N–H and O–H groups in total. The molecular weight excluding hydrogens is 270 g/mol. The van der Waals surface area contributed by atoms with Crippen LogP contribution in [0.4, 0.5) is 0 Å². The number of benzene rings is 1. The molecular formula is C16H23NO4. The number of carboxylic acid groups (broad SMARTS) is 1. The summed E-state index contributed by atoms with van der Waals surface area (Å²) in [4.78, 5) is 23.2.